The molecule has 21 heavy (non-hydrogen) atoms. The zero-order valence-corrected chi connectivity index (χ0v) is 13.2. The molecular weight excluding hydrogens is 258 g/mol. The van der Waals surface area contributed by atoms with E-state index in [1.54, 1.807) is 11.1 Å². The number of nitrogens with one attached hydrogen (secondary N) is 1. The lowest BCUT2D eigenvalue weighted by Crippen LogP contribution is -2.29. The summed E-state index contributed by atoms with van der Waals surface area (Å²) in [6.07, 6.45) is 11.1. The largest absolute Gasteiger partial charge is 0.377 e. The Morgan fingerprint density at radius 2 is 1.86 bits per heavy atom. The molecule has 2 heteroatoms. The Morgan fingerprint density at radius 3 is 2.76 bits per heavy atom. The van der Waals surface area contributed by atoms with Crippen LogP contribution in [0.5, 0.6) is 0 Å². The Hall–Kier alpha value is -0.860. The molecule has 1 atom stereocenters. The van der Waals surface area contributed by atoms with Gasteiger partial charge in [0.2, 0.25) is 0 Å². The van der Waals surface area contributed by atoms with Gasteiger partial charge in [-0.1, -0.05) is 43.5 Å². The Bertz CT molecular complexity index is 425. The highest BCUT2D eigenvalue weighted by molar-refractivity contribution is 5.32. The van der Waals surface area contributed by atoms with Crippen LogP contribution in [0, 0.1) is 0 Å². The third-order valence-corrected chi connectivity index (χ3v) is 5.07. The summed E-state index contributed by atoms with van der Waals surface area (Å²) in [4.78, 5) is 0. The molecule has 0 aliphatic heterocycles. The van der Waals surface area contributed by atoms with Crippen LogP contribution in [-0.4, -0.2) is 25.8 Å². The molecule has 2 aliphatic carbocycles. The van der Waals surface area contributed by atoms with Crippen molar-refractivity contribution in [2.75, 3.05) is 19.7 Å². The fourth-order valence-electron chi connectivity index (χ4n) is 3.87. The molecule has 0 amide bonds. The van der Waals surface area contributed by atoms with Crippen LogP contribution in [0.3, 0.4) is 0 Å². The summed E-state index contributed by atoms with van der Waals surface area (Å²) in [6, 6.07) is 8.98. The van der Waals surface area contributed by atoms with Crippen LogP contribution < -0.4 is 5.32 Å². The van der Waals surface area contributed by atoms with Crippen LogP contribution in [-0.2, 0) is 11.2 Å². The molecule has 2 nitrogen and oxygen atoms in total. The number of hydrogen-bond acceptors (Lipinski definition) is 2. The molecule has 1 fully saturated rings. The first-order chi connectivity index (χ1) is 10.4. The average Bonchev–Trinajstić information content (AvgIpc) is 2.56. The van der Waals surface area contributed by atoms with Crippen LogP contribution >= 0.6 is 0 Å². The van der Waals surface area contributed by atoms with Crippen molar-refractivity contribution in [1.82, 2.24) is 5.32 Å². The van der Waals surface area contributed by atoms with Crippen LogP contribution in [0.1, 0.15) is 62.0 Å². The zero-order chi connectivity index (χ0) is 14.3. The van der Waals surface area contributed by atoms with Gasteiger partial charge < -0.3 is 10.1 Å². The van der Waals surface area contributed by atoms with Crippen molar-refractivity contribution < 1.29 is 4.74 Å². The molecule has 1 aromatic carbocycles. The van der Waals surface area contributed by atoms with E-state index < -0.39 is 0 Å². The van der Waals surface area contributed by atoms with Crippen molar-refractivity contribution >= 4 is 0 Å². The highest BCUT2D eigenvalue weighted by Crippen LogP contribution is 2.30. The van der Waals surface area contributed by atoms with E-state index in [4.69, 9.17) is 4.74 Å². The van der Waals surface area contributed by atoms with Crippen molar-refractivity contribution in [3.05, 3.63) is 35.4 Å². The van der Waals surface area contributed by atoms with E-state index in [1.807, 2.05) is 0 Å². The Labute approximate surface area is 129 Å². The molecule has 1 unspecified atom stereocenters. The van der Waals surface area contributed by atoms with Crippen LogP contribution in [0.15, 0.2) is 24.3 Å². The first-order valence-corrected chi connectivity index (χ1v) is 8.83. The lowest BCUT2D eigenvalue weighted by Gasteiger charge is -2.26. The third-order valence-electron chi connectivity index (χ3n) is 5.07. The summed E-state index contributed by atoms with van der Waals surface area (Å²) in [5, 5.41) is 3.61. The van der Waals surface area contributed by atoms with Gasteiger partial charge in [-0.3, -0.25) is 0 Å². The quantitative estimate of drug-likeness (QED) is 0.797. The van der Waals surface area contributed by atoms with Gasteiger partial charge in [0, 0.05) is 13.1 Å². The van der Waals surface area contributed by atoms with Crippen molar-refractivity contribution in [3.8, 4) is 0 Å². The molecule has 1 aromatic rings. The second-order valence-corrected chi connectivity index (χ2v) is 6.62. The number of fused-ring (bicyclic) bond motifs is 1. The summed E-state index contributed by atoms with van der Waals surface area (Å²) in [7, 11) is 0. The molecular formula is C19H29NO. The molecule has 116 valence electrons. The fourth-order valence-corrected chi connectivity index (χ4v) is 3.87. The average molecular weight is 287 g/mol. The number of ether oxygens (including phenoxy) is 1. The molecule has 0 aromatic heterocycles. The van der Waals surface area contributed by atoms with E-state index in [1.165, 1.54) is 51.4 Å². The van der Waals surface area contributed by atoms with Gasteiger partial charge in [-0.2, -0.15) is 0 Å². The maximum atomic E-state index is 5.98. The summed E-state index contributed by atoms with van der Waals surface area (Å²) in [5.41, 5.74) is 3.14. The maximum absolute atomic E-state index is 5.98. The zero-order valence-electron chi connectivity index (χ0n) is 13.2. The van der Waals surface area contributed by atoms with Gasteiger partial charge >= 0.3 is 0 Å². The molecule has 0 radical (unpaired) electrons. The van der Waals surface area contributed by atoms with E-state index in [9.17, 15) is 0 Å². The number of benzene rings is 1. The number of rotatable bonds is 6. The predicted octanol–water partition coefficient (Wildman–Crippen LogP) is 4.05. The van der Waals surface area contributed by atoms with Crippen molar-refractivity contribution in [2.45, 2.75) is 63.4 Å². The molecule has 0 spiro atoms. The molecule has 1 saturated carbocycles. The normalized spacial score (nSPS) is 23.0. The van der Waals surface area contributed by atoms with Crippen LogP contribution in [0.4, 0.5) is 0 Å². The van der Waals surface area contributed by atoms with Gasteiger partial charge in [-0.25, -0.2) is 0 Å². The van der Waals surface area contributed by atoms with Gasteiger partial charge in [0.15, 0.2) is 0 Å². The van der Waals surface area contributed by atoms with E-state index in [0.29, 0.717) is 12.0 Å². The smallest absolute Gasteiger partial charge is 0.0594 e. The number of aryl methyl sites for hydroxylation is 1. The monoisotopic (exact) mass is 287 g/mol. The minimum Gasteiger partial charge on any atom is -0.377 e. The Kier molecular flexibility index (Phi) is 5.70. The predicted molar refractivity (Wildman–Crippen MR) is 87.8 cm³/mol. The highest BCUT2D eigenvalue weighted by Gasteiger charge is 2.19. The first-order valence-electron chi connectivity index (χ1n) is 8.83. The number of hydrogen-bond donors (Lipinski definition) is 1. The van der Waals surface area contributed by atoms with Crippen LogP contribution in [0.25, 0.3) is 0 Å². The topological polar surface area (TPSA) is 21.3 Å². The van der Waals surface area contributed by atoms with E-state index >= 15 is 0 Å². The van der Waals surface area contributed by atoms with E-state index in [2.05, 4.69) is 29.6 Å². The minimum absolute atomic E-state index is 0.538. The lowest BCUT2D eigenvalue weighted by atomic mass is 9.83. The van der Waals surface area contributed by atoms with Crippen molar-refractivity contribution in [3.63, 3.8) is 0 Å². The summed E-state index contributed by atoms with van der Waals surface area (Å²) < 4.78 is 5.98. The summed E-state index contributed by atoms with van der Waals surface area (Å²) in [6.45, 7) is 2.97. The molecule has 0 heterocycles. The Balaban J connectivity index is 1.36. The van der Waals surface area contributed by atoms with Gasteiger partial charge in [0.25, 0.3) is 0 Å². The van der Waals surface area contributed by atoms with Gasteiger partial charge in [-0.05, 0) is 49.1 Å². The van der Waals surface area contributed by atoms with Crippen molar-refractivity contribution in [1.29, 1.82) is 0 Å². The third kappa shape index (κ3) is 4.31. The van der Waals surface area contributed by atoms with E-state index in [-0.39, 0.29) is 0 Å². The standard InChI is InChI=1S/C19H29NO/c1-2-10-18(11-3-1)21-14-13-20-15-17-9-6-8-16-7-4-5-12-19(16)17/h4-5,7,12,17-18,20H,1-3,6,8-11,13-15H2. The van der Waals surface area contributed by atoms with E-state index in [0.717, 1.165) is 19.7 Å². The first kappa shape index (κ1) is 15.1. The maximum Gasteiger partial charge on any atom is 0.0594 e. The molecule has 1 N–H and O–H groups in total. The summed E-state index contributed by atoms with van der Waals surface area (Å²) in [5.74, 6) is 0.699. The minimum atomic E-state index is 0.538. The van der Waals surface area contributed by atoms with Gasteiger partial charge in [0.05, 0.1) is 12.7 Å². The molecule has 0 saturated heterocycles. The molecule has 2 aliphatic rings. The SMILES string of the molecule is c1ccc2c(c1)CCCC2CNCCOC1CCCCC1. The van der Waals surface area contributed by atoms with Crippen LogP contribution in [0.2, 0.25) is 0 Å². The van der Waals surface area contributed by atoms with Gasteiger partial charge in [-0.15, -0.1) is 0 Å². The van der Waals surface area contributed by atoms with Gasteiger partial charge in [0.1, 0.15) is 0 Å². The molecule has 0 bridgehead atoms. The summed E-state index contributed by atoms with van der Waals surface area (Å²) >= 11 is 0. The lowest BCUT2D eigenvalue weighted by molar-refractivity contribution is 0.0302. The molecule has 3 rings (SSSR count). The fraction of sp³-hybridized carbons (Fsp3) is 0.684. The van der Waals surface area contributed by atoms with Crippen molar-refractivity contribution in [2.24, 2.45) is 0 Å². The second-order valence-electron chi connectivity index (χ2n) is 6.62. The highest BCUT2D eigenvalue weighted by atomic mass is 16.5. The second kappa shape index (κ2) is 7.95. The Morgan fingerprint density at radius 1 is 1.00 bits per heavy atom.